The monoisotopic (exact) mass is 316 g/mol. The summed E-state index contributed by atoms with van der Waals surface area (Å²) in [4.78, 5) is 31.0. The Morgan fingerprint density at radius 1 is 0.864 bits per heavy atom. The zero-order valence-corrected chi connectivity index (χ0v) is 11.1. The standard InChI is InChI=1S/C10H12N4O8/c15-3-1-11(2-4-16)10-8(13(19)20)5-7(12(17)18)6-9(10)14(21)22/h5-6,15-16H,1-4H2. The van der Waals surface area contributed by atoms with E-state index in [2.05, 4.69) is 0 Å². The molecule has 12 heteroatoms. The first kappa shape index (κ1) is 17.2. The van der Waals surface area contributed by atoms with Gasteiger partial charge in [0.25, 0.3) is 5.69 Å². The Kier molecular flexibility index (Phi) is 5.65. The minimum atomic E-state index is -0.989. The number of nitro groups is 3. The van der Waals surface area contributed by atoms with E-state index in [4.69, 9.17) is 10.2 Å². The molecule has 1 rings (SSSR count). The second kappa shape index (κ2) is 7.24. The van der Waals surface area contributed by atoms with E-state index in [9.17, 15) is 30.3 Å². The Balaban J connectivity index is 3.66. The molecule has 0 fully saturated rings. The number of hydrogen-bond acceptors (Lipinski definition) is 9. The van der Waals surface area contributed by atoms with Crippen molar-refractivity contribution in [3.05, 3.63) is 42.5 Å². The fourth-order valence-corrected chi connectivity index (χ4v) is 1.87. The van der Waals surface area contributed by atoms with Crippen LogP contribution in [-0.4, -0.2) is 51.3 Å². The number of hydrogen-bond donors (Lipinski definition) is 2. The van der Waals surface area contributed by atoms with Crippen LogP contribution in [0, 0.1) is 30.3 Å². The highest BCUT2D eigenvalue weighted by molar-refractivity contribution is 5.78. The Hall–Kier alpha value is -2.86. The van der Waals surface area contributed by atoms with Crippen molar-refractivity contribution in [2.24, 2.45) is 0 Å². The van der Waals surface area contributed by atoms with Crippen LogP contribution in [0.2, 0.25) is 0 Å². The van der Waals surface area contributed by atoms with Gasteiger partial charge in [0.1, 0.15) is 0 Å². The maximum Gasteiger partial charge on any atom is 0.306 e. The number of rotatable bonds is 8. The number of benzene rings is 1. The summed E-state index contributed by atoms with van der Waals surface area (Å²) in [7, 11) is 0. The normalized spacial score (nSPS) is 10.3. The van der Waals surface area contributed by atoms with Crippen molar-refractivity contribution < 1.29 is 25.0 Å². The number of anilines is 1. The van der Waals surface area contributed by atoms with Crippen molar-refractivity contribution in [3.63, 3.8) is 0 Å². The van der Waals surface area contributed by atoms with E-state index in [0.717, 1.165) is 4.90 Å². The van der Waals surface area contributed by atoms with Crippen LogP contribution in [0.15, 0.2) is 12.1 Å². The lowest BCUT2D eigenvalue weighted by molar-refractivity contribution is -0.402. The highest BCUT2D eigenvalue weighted by atomic mass is 16.6. The first-order valence-electron chi connectivity index (χ1n) is 5.91. The molecule has 0 radical (unpaired) electrons. The number of aliphatic hydroxyl groups is 2. The predicted molar refractivity (Wildman–Crippen MR) is 72.8 cm³/mol. The van der Waals surface area contributed by atoms with E-state index >= 15 is 0 Å². The van der Waals surface area contributed by atoms with E-state index < -0.39 is 50.7 Å². The Morgan fingerprint density at radius 3 is 1.55 bits per heavy atom. The minimum Gasteiger partial charge on any atom is -0.395 e. The van der Waals surface area contributed by atoms with E-state index in [1.54, 1.807) is 0 Å². The number of nitrogens with zero attached hydrogens (tertiary/aromatic N) is 4. The molecular formula is C10H12N4O8. The molecule has 0 atom stereocenters. The van der Waals surface area contributed by atoms with Crippen LogP contribution in [0.1, 0.15) is 0 Å². The fraction of sp³-hybridized carbons (Fsp3) is 0.400. The fourth-order valence-electron chi connectivity index (χ4n) is 1.87. The largest absolute Gasteiger partial charge is 0.395 e. The molecule has 120 valence electrons. The van der Waals surface area contributed by atoms with E-state index in [-0.39, 0.29) is 13.1 Å². The van der Waals surface area contributed by atoms with Crippen molar-refractivity contribution in [1.29, 1.82) is 0 Å². The van der Waals surface area contributed by atoms with Gasteiger partial charge in [0.2, 0.25) is 0 Å². The molecule has 12 nitrogen and oxygen atoms in total. The van der Waals surface area contributed by atoms with Gasteiger partial charge in [0.05, 0.1) is 40.1 Å². The molecule has 0 saturated carbocycles. The molecule has 22 heavy (non-hydrogen) atoms. The van der Waals surface area contributed by atoms with Crippen molar-refractivity contribution in [1.82, 2.24) is 0 Å². The smallest absolute Gasteiger partial charge is 0.306 e. The third-order valence-electron chi connectivity index (χ3n) is 2.71. The second-order valence-electron chi connectivity index (χ2n) is 4.04. The predicted octanol–water partition coefficient (Wildman–Crippen LogP) is 0.202. The summed E-state index contributed by atoms with van der Waals surface area (Å²) >= 11 is 0. The molecule has 0 aliphatic rings. The summed E-state index contributed by atoms with van der Waals surface area (Å²) in [6, 6.07) is 1.20. The van der Waals surface area contributed by atoms with Crippen molar-refractivity contribution >= 4 is 22.7 Å². The van der Waals surface area contributed by atoms with Crippen LogP contribution < -0.4 is 4.90 Å². The molecule has 0 aromatic heterocycles. The maximum atomic E-state index is 11.1. The summed E-state index contributed by atoms with van der Waals surface area (Å²) in [6.45, 7) is -1.41. The molecule has 0 bridgehead atoms. The van der Waals surface area contributed by atoms with Gasteiger partial charge in [0.15, 0.2) is 5.69 Å². The van der Waals surface area contributed by atoms with Gasteiger partial charge >= 0.3 is 11.4 Å². The summed E-state index contributed by atoms with van der Waals surface area (Å²) < 4.78 is 0. The van der Waals surface area contributed by atoms with E-state index in [0.29, 0.717) is 12.1 Å². The van der Waals surface area contributed by atoms with Crippen molar-refractivity contribution in [3.8, 4) is 0 Å². The third-order valence-corrected chi connectivity index (χ3v) is 2.71. The van der Waals surface area contributed by atoms with Gasteiger partial charge in [-0.25, -0.2) is 0 Å². The number of non-ortho nitro benzene ring substituents is 1. The van der Waals surface area contributed by atoms with Crippen molar-refractivity contribution in [2.45, 2.75) is 0 Å². The molecule has 0 spiro atoms. The summed E-state index contributed by atoms with van der Waals surface area (Å²) in [6.07, 6.45) is 0. The molecule has 1 aromatic carbocycles. The lowest BCUT2D eigenvalue weighted by Gasteiger charge is -2.22. The SMILES string of the molecule is O=[N+]([O-])c1cc([N+](=O)[O-])c(N(CCO)CCO)c([N+](=O)[O-])c1. The topological polar surface area (TPSA) is 173 Å². The molecule has 0 unspecified atom stereocenters. The van der Waals surface area contributed by atoms with Gasteiger partial charge in [-0.3, -0.25) is 30.3 Å². The summed E-state index contributed by atoms with van der Waals surface area (Å²) in [5.74, 6) is 0. The molecule has 0 heterocycles. The van der Waals surface area contributed by atoms with Crippen LogP contribution in [0.25, 0.3) is 0 Å². The average Bonchev–Trinajstić information content (AvgIpc) is 2.45. The molecule has 0 saturated heterocycles. The Labute approximate surface area is 122 Å². The number of nitro benzene ring substituents is 3. The molecule has 2 N–H and O–H groups in total. The van der Waals surface area contributed by atoms with Gasteiger partial charge in [-0.05, 0) is 0 Å². The highest BCUT2D eigenvalue weighted by Gasteiger charge is 2.33. The average molecular weight is 316 g/mol. The minimum absolute atomic E-state index is 0.222. The van der Waals surface area contributed by atoms with Crippen LogP contribution in [0.3, 0.4) is 0 Å². The summed E-state index contributed by atoms with van der Waals surface area (Å²) in [5, 5.41) is 50.8. The first-order chi connectivity index (χ1) is 10.3. The van der Waals surface area contributed by atoms with Gasteiger partial charge in [-0.15, -0.1) is 0 Å². The lowest BCUT2D eigenvalue weighted by atomic mass is 10.1. The molecule has 0 amide bonds. The van der Waals surface area contributed by atoms with Crippen LogP contribution in [0.5, 0.6) is 0 Å². The lowest BCUT2D eigenvalue weighted by Crippen LogP contribution is -2.31. The highest BCUT2D eigenvalue weighted by Crippen LogP contribution is 2.40. The van der Waals surface area contributed by atoms with Crippen molar-refractivity contribution in [2.75, 3.05) is 31.2 Å². The zero-order valence-electron chi connectivity index (χ0n) is 11.1. The van der Waals surface area contributed by atoms with Crippen LogP contribution in [-0.2, 0) is 0 Å². The van der Waals surface area contributed by atoms with Gasteiger partial charge in [-0.1, -0.05) is 0 Å². The Morgan fingerprint density at radius 2 is 1.27 bits per heavy atom. The third kappa shape index (κ3) is 3.62. The van der Waals surface area contributed by atoms with E-state index in [1.165, 1.54) is 0 Å². The van der Waals surface area contributed by atoms with Crippen LogP contribution >= 0.6 is 0 Å². The quantitative estimate of drug-likeness (QED) is 0.501. The maximum absolute atomic E-state index is 11.1. The zero-order chi connectivity index (χ0) is 16.9. The van der Waals surface area contributed by atoms with Crippen LogP contribution in [0.4, 0.5) is 22.7 Å². The van der Waals surface area contributed by atoms with Gasteiger partial charge < -0.3 is 15.1 Å². The second-order valence-corrected chi connectivity index (χ2v) is 4.04. The molecule has 0 aliphatic carbocycles. The molecule has 0 aliphatic heterocycles. The van der Waals surface area contributed by atoms with Gasteiger partial charge in [-0.2, -0.15) is 0 Å². The molecular weight excluding hydrogens is 304 g/mol. The number of aliphatic hydroxyl groups excluding tert-OH is 2. The molecule has 1 aromatic rings. The Bertz CT molecular complexity index is 564. The summed E-state index contributed by atoms with van der Waals surface area (Å²) in [5.41, 5.74) is -2.98. The van der Waals surface area contributed by atoms with Gasteiger partial charge in [0, 0.05) is 13.1 Å². The van der Waals surface area contributed by atoms with E-state index in [1.807, 2.05) is 0 Å². The first-order valence-corrected chi connectivity index (χ1v) is 5.91.